The highest BCUT2D eigenvalue weighted by molar-refractivity contribution is 9.10. The van der Waals surface area contributed by atoms with Crippen LogP contribution in [0.5, 0.6) is 0 Å². The summed E-state index contributed by atoms with van der Waals surface area (Å²) in [6.45, 7) is 0.366. The zero-order chi connectivity index (χ0) is 12.3. The van der Waals surface area contributed by atoms with E-state index in [4.69, 9.17) is 10.2 Å². The van der Waals surface area contributed by atoms with Crippen molar-refractivity contribution >= 4 is 26.7 Å². The number of nitrogens with two attached hydrogens (primary N) is 1. The Morgan fingerprint density at radius 2 is 1.76 bits per heavy atom. The lowest BCUT2D eigenvalue weighted by Crippen LogP contribution is -1.96. The van der Waals surface area contributed by atoms with Crippen LogP contribution < -0.4 is 5.73 Å². The van der Waals surface area contributed by atoms with Gasteiger partial charge < -0.3 is 10.2 Å². The summed E-state index contributed by atoms with van der Waals surface area (Å²) in [6.07, 6.45) is 0. The number of benzene rings is 1. The number of hydrogen-bond acceptors (Lipinski definition) is 3. The predicted octanol–water partition coefficient (Wildman–Crippen LogP) is 2.81. The first-order valence-electron chi connectivity index (χ1n) is 5.10. The van der Waals surface area contributed by atoms with E-state index in [0.717, 1.165) is 9.37 Å². The van der Waals surface area contributed by atoms with Gasteiger partial charge in [-0.3, -0.25) is 4.21 Å². The van der Waals surface area contributed by atoms with Crippen LogP contribution in [0.3, 0.4) is 0 Å². The van der Waals surface area contributed by atoms with Crippen molar-refractivity contribution in [3.8, 4) is 0 Å². The second-order valence-electron chi connectivity index (χ2n) is 3.52. The highest BCUT2D eigenvalue weighted by atomic mass is 79.9. The van der Waals surface area contributed by atoms with Crippen LogP contribution in [0.1, 0.15) is 11.5 Å². The van der Waals surface area contributed by atoms with Crippen molar-refractivity contribution in [3.63, 3.8) is 0 Å². The minimum atomic E-state index is -1.09. The van der Waals surface area contributed by atoms with E-state index in [1.807, 2.05) is 36.4 Å². The standard InChI is InChI=1S/C12H12BrNO2S/c13-9-1-5-12(6-2-9)17(15)8-11-4-3-10(7-14)16-11/h1-6H,7-8,14H2. The second kappa shape index (κ2) is 5.62. The lowest BCUT2D eigenvalue weighted by atomic mass is 10.4. The van der Waals surface area contributed by atoms with Gasteiger partial charge in [0.15, 0.2) is 0 Å². The number of furan rings is 1. The largest absolute Gasteiger partial charge is 0.464 e. The third-order valence-corrected chi connectivity index (χ3v) is 4.14. The molecule has 2 N–H and O–H groups in total. The highest BCUT2D eigenvalue weighted by Gasteiger charge is 2.08. The van der Waals surface area contributed by atoms with E-state index in [1.165, 1.54) is 0 Å². The normalized spacial score (nSPS) is 12.6. The molecule has 90 valence electrons. The summed E-state index contributed by atoms with van der Waals surface area (Å²) in [5.74, 6) is 1.79. The first-order chi connectivity index (χ1) is 8.19. The van der Waals surface area contributed by atoms with E-state index in [2.05, 4.69) is 15.9 Å². The van der Waals surface area contributed by atoms with Crippen LogP contribution >= 0.6 is 15.9 Å². The Labute approximate surface area is 111 Å². The van der Waals surface area contributed by atoms with Crippen LogP contribution in [0.25, 0.3) is 0 Å². The molecule has 17 heavy (non-hydrogen) atoms. The van der Waals surface area contributed by atoms with E-state index < -0.39 is 10.8 Å². The fourth-order valence-corrected chi connectivity index (χ4v) is 2.69. The molecule has 2 aromatic rings. The molecule has 0 aliphatic carbocycles. The third kappa shape index (κ3) is 3.28. The summed E-state index contributed by atoms with van der Waals surface area (Å²) in [5.41, 5.74) is 5.45. The summed E-state index contributed by atoms with van der Waals surface area (Å²) in [7, 11) is -1.09. The first kappa shape index (κ1) is 12.5. The molecule has 0 radical (unpaired) electrons. The SMILES string of the molecule is NCc1ccc(CS(=O)c2ccc(Br)cc2)o1. The Kier molecular flexibility index (Phi) is 4.15. The van der Waals surface area contributed by atoms with Gasteiger partial charge in [-0.15, -0.1) is 0 Å². The van der Waals surface area contributed by atoms with Crippen molar-refractivity contribution in [1.82, 2.24) is 0 Å². The van der Waals surface area contributed by atoms with Gasteiger partial charge in [-0.05, 0) is 36.4 Å². The molecule has 3 nitrogen and oxygen atoms in total. The predicted molar refractivity (Wildman–Crippen MR) is 70.9 cm³/mol. The van der Waals surface area contributed by atoms with Crippen LogP contribution in [0.2, 0.25) is 0 Å². The molecule has 0 saturated carbocycles. The summed E-state index contributed by atoms with van der Waals surface area (Å²) < 4.78 is 18.4. The molecular weight excluding hydrogens is 302 g/mol. The topological polar surface area (TPSA) is 56.2 Å². The Morgan fingerprint density at radius 1 is 1.12 bits per heavy atom. The highest BCUT2D eigenvalue weighted by Crippen LogP contribution is 2.17. The lowest BCUT2D eigenvalue weighted by Gasteiger charge is -2.00. The van der Waals surface area contributed by atoms with Gasteiger partial charge >= 0.3 is 0 Å². The molecule has 0 fully saturated rings. The summed E-state index contributed by atoms with van der Waals surface area (Å²) in [5, 5.41) is 0. The van der Waals surface area contributed by atoms with E-state index >= 15 is 0 Å². The molecule has 0 aliphatic heterocycles. The molecule has 1 aromatic heterocycles. The van der Waals surface area contributed by atoms with Crippen molar-refractivity contribution in [2.45, 2.75) is 17.2 Å². The smallest absolute Gasteiger partial charge is 0.117 e. The molecule has 0 aliphatic rings. The van der Waals surface area contributed by atoms with E-state index in [9.17, 15) is 4.21 Å². The average molecular weight is 314 g/mol. The number of hydrogen-bond donors (Lipinski definition) is 1. The van der Waals surface area contributed by atoms with Gasteiger partial charge in [-0.1, -0.05) is 15.9 Å². The molecular formula is C12H12BrNO2S. The zero-order valence-corrected chi connectivity index (χ0v) is 11.5. The maximum atomic E-state index is 12.0. The molecule has 1 heterocycles. The van der Waals surface area contributed by atoms with Crippen LogP contribution in [-0.4, -0.2) is 4.21 Å². The fraction of sp³-hybridized carbons (Fsp3) is 0.167. The first-order valence-corrected chi connectivity index (χ1v) is 7.22. The zero-order valence-electron chi connectivity index (χ0n) is 9.06. The fourth-order valence-electron chi connectivity index (χ4n) is 1.41. The van der Waals surface area contributed by atoms with Gasteiger partial charge in [-0.2, -0.15) is 0 Å². The van der Waals surface area contributed by atoms with Crippen LogP contribution in [0.4, 0.5) is 0 Å². The van der Waals surface area contributed by atoms with Crippen LogP contribution in [-0.2, 0) is 23.1 Å². The second-order valence-corrected chi connectivity index (χ2v) is 5.88. The number of halogens is 1. The van der Waals surface area contributed by atoms with Gasteiger partial charge in [0, 0.05) is 9.37 Å². The number of rotatable bonds is 4. The van der Waals surface area contributed by atoms with E-state index in [-0.39, 0.29) is 0 Å². The Morgan fingerprint density at radius 3 is 2.35 bits per heavy atom. The molecule has 5 heteroatoms. The third-order valence-electron chi connectivity index (χ3n) is 2.27. The molecule has 1 aromatic carbocycles. The van der Waals surface area contributed by atoms with E-state index in [1.54, 1.807) is 0 Å². The lowest BCUT2D eigenvalue weighted by molar-refractivity contribution is 0.481. The molecule has 2 rings (SSSR count). The maximum Gasteiger partial charge on any atom is 0.117 e. The molecule has 0 bridgehead atoms. The summed E-state index contributed by atoms with van der Waals surface area (Å²) in [6, 6.07) is 11.1. The van der Waals surface area contributed by atoms with Crippen LogP contribution in [0.15, 0.2) is 50.2 Å². The molecule has 1 unspecified atom stereocenters. The average Bonchev–Trinajstić information content (AvgIpc) is 2.77. The van der Waals surface area contributed by atoms with E-state index in [0.29, 0.717) is 23.8 Å². The summed E-state index contributed by atoms with van der Waals surface area (Å²) >= 11 is 3.34. The maximum absolute atomic E-state index is 12.0. The Bertz CT molecular complexity index is 522. The van der Waals surface area contributed by atoms with Crippen molar-refractivity contribution in [3.05, 3.63) is 52.4 Å². The molecule has 0 spiro atoms. The van der Waals surface area contributed by atoms with Crippen molar-refractivity contribution in [2.24, 2.45) is 5.73 Å². The van der Waals surface area contributed by atoms with Gasteiger partial charge in [0.25, 0.3) is 0 Å². The van der Waals surface area contributed by atoms with Gasteiger partial charge in [0.05, 0.1) is 23.1 Å². The van der Waals surface area contributed by atoms with Crippen molar-refractivity contribution in [1.29, 1.82) is 0 Å². The van der Waals surface area contributed by atoms with Gasteiger partial charge in [0.1, 0.15) is 11.5 Å². The van der Waals surface area contributed by atoms with Gasteiger partial charge in [-0.25, -0.2) is 0 Å². The molecule has 1 atom stereocenters. The van der Waals surface area contributed by atoms with Crippen molar-refractivity contribution < 1.29 is 8.63 Å². The minimum Gasteiger partial charge on any atom is -0.464 e. The monoisotopic (exact) mass is 313 g/mol. The summed E-state index contributed by atoms with van der Waals surface area (Å²) in [4.78, 5) is 0.791. The molecule has 0 saturated heterocycles. The Hall–Kier alpha value is -0.910. The Balaban J connectivity index is 2.08. The quantitative estimate of drug-likeness (QED) is 0.944. The minimum absolute atomic E-state index is 0.366. The van der Waals surface area contributed by atoms with Crippen LogP contribution in [0, 0.1) is 0 Å². The molecule has 0 amide bonds. The van der Waals surface area contributed by atoms with Crippen molar-refractivity contribution in [2.75, 3.05) is 0 Å². The van der Waals surface area contributed by atoms with Gasteiger partial charge in [0.2, 0.25) is 0 Å².